The normalized spacial score (nSPS) is 12.1. The summed E-state index contributed by atoms with van der Waals surface area (Å²) >= 11 is 6.11. The molecule has 1 N–H and O–H groups in total. The van der Waals surface area contributed by atoms with Crippen LogP contribution in [0.25, 0.3) is 10.9 Å². The Morgan fingerprint density at radius 2 is 1.93 bits per heavy atom. The van der Waals surface area contributed by atoms with Gasteiger partial charge >= 0.3 is 0 Å². The molecule has 0 aliphatic rings. The number of carbonyl (C=O) groups excluding carboxylic acids is 1. The Bertz CT molecular complexity index is 1230. The van der Waals surface area contributed by atoms with Crippen LogP contribution in [0.2, 0.25) is 5.02 Å². The van der Waals surface area contributed by atoms with Crippen molar-refractivity contribution in [3.05, 3.63) is 99.7 Å². The van der Waals surface area contributed by atoms with Crippen LogP contribution in [0, 0.1) is 13.8 Å². The van der Waals surface area contributed by atoms with E-state index in [1.54, 1.807) is 0 Å². The second-order valence-corrected chi connectivity index (χ2v) is 8.20. The fourth-order valence-corrected chi connectivity index (χ4v) is 4.03. The molecule has 1 atom stereocenters. The summed E-state index contributed by atoms with van der Waals surface area (Å²) in [5, 5.41) is 9.31. The standard InChI is InChI=1S/C25H24ClN3O/c1-16-7-10-23(17(2)11-16)18(3)28-25(30)20-8-9-21-14-27-29(24(21)13-20)15-19-5-4-6-22(26)12-19/h4-14,18H,15H2,1-3H3,(H,28,30). The van der Waals surface area contributed by atoms with E-state index in [0.717, 1.165) is 22.0 Å². The Balaban J connectivity index is 1.57. The van der Waals surface area contributed by atoms with Gasteiger partial charge in [0.15, 0.2) is 0 Å². The van der Waals surface area contributed by atoms with Crippen molar-refractivity contribution in [3.8, 4) is 0 Å². The van der Waals surface area contributed by atoms with Gasteiger partial charge in [-0.25, -0.2) is 0 Å². The predicted octanol–water partition coefficient (Wildman–Crippen LogP) is 5.85. The van der Waals surface area contributed by atoms with Crippen LogP contribution in [-0.2, 0) is 6.54 Å². The maximum Gasteiger partial charge on any atom is 0.251 e. The molecule has 0 saturated carbocycles. The number of amides is 1. The number of aromatic nitrogens is 2. The summed E-state index contributed by atoms with van der Waals surface area (Å²) in [6.45, 7) is 6.75. The molecule has 1 heterocycles. The summed E-state index contributed by atoms with van der Waals surface area (Å²) in [5.41, 5.74) is 6.12. The highest BCUT2D eigenvalue weighted by Gasteiger charge is 2.15. The number of nitrogens with one attached hydrogen (secondary N) is 1. The smallest absolute Gasteiger partial charge is 0.251 e. The maximum absolute atomic E-state index is 12.9. The second kappa shape index (κ2) is 8.33. The highest BCUT2D eigenvalue weighted by atomic mass is 35.5. The van der Waals surface area contributed by atoms with E-state index in [2.05, 4.69) is 42.5 Å². The van der Waals surface area contributed by atoms with Crippen molar-refractivity contribution in [3.63, 3.8) is 0 Å². The lowest BCUT2D eigenvalue weighted by molar-refractivity contribution is 0.0940. The Morgan fingerprint density at radius 1 is 1.10 bits per heavy atom. The van der Waals surface area contributed by atoms with E-state index < -0.39 is 0 Å². The molecule has 0 saturated heterocycles. The van der Waals surface area contributed by atoms with Gasteiger partial charge < -0.3 is 5.32 Å². The third kappa shape index (κ3) is 4.24. The van der Waals surface area contributed by atoms with Gasteiger partial charge in [0, 0.05) is 16.0 Å². The molecule has 3 aromatic carbocycles. The molecular weight excluding hydrogens is 394 g/mol. The Morgan fingerprint density at radius 3 is 2.70 bits per heavy atom. The van der Waals surface area contributed by atoms with E-state index >= 15 is 0 Å². The van der Waals surface area contributed by atoms with Crippen LogP contribution < -0.4 is 5.32 Å². The van der Waals surface area contributed by atoms with E-state index in [-0.39, 0.29) is 11.9 Å². The lowest BCUT2D eigenvalue weighted by Gasteiger charge is -2.17. The lowest BCUT2D eigenvalue weighted by atomic mass is 10.00. The topological polar surface area (TPSA) is 46.9 Å². The molecule has 0 radical (unpaired) electrons. The zero-order valence-electron chi connectivity index (χ0n) is 17.3. The monoisotopic (exact) mass is 417 g/mol. The van der Waals surface area contributed by atoms with Gasteiger partial charge in [-0.2, -0.15) is 5.10 Å². The maximum atomic E-state index is 12.9. The van der Waals surface area contributed by atoms with Crippen LogP contribution in [0.5, 0.6) is 0 Å². The number of hydrogen-bond donors (Lipinski definition) is 1. The van der Waals surface area contributed by atoms with Crippen LogP contribution in [-0.4, -0.2) is 15.7 Å². The minimum Gasteiger partial charge on any atom is -0.346 e. The Kier molecular flexibility index (Phi) is 5.60. The molecule has 1 amide bonds. The number of rotatable bonds is 5. The van der Waals surface area contributed by atoms with Crippen molar-refractivity contribution in [1.82, 2.24) is 15.1 Å². The van der Waals surface area contributed by atoms with E-state index in [0.29, 0.717) is 17.1 Å². The van der Waals surface area contributed by atoms with Crippen molar-refractivity contribution in [2.24, 2.45) is 0 Å². The van der Waals surface area contributed by atoms with E-state index in [1.807, 2.05) is 60.3 Å². The van der Waals surface area contributed by atoms with Crippen LogP contribution in [0.1, 0.15) is 45.6 Å². The fraction of sp³-hybridized carbons (Fsp3) is 0.200. The number of halogens is 1. The lowest BCUT2D eigenvalue weighted by Crippen LogP contribution is -2.27. The second-order valence-electron chi connectivity index (χ2n) is 7.76. The molecule has 152 valence electrons. The molecule has 4 nitrogen and oxygen atoms in total. The van der Waals surface area contributed by atoms with E-state index in [4.69, 9.17) is 11.6 Å². The first kappa shape index (κ1) is 20.2. The summed E-state index contributed by atoms with van der Waals surface area (Å²) < 4.78 is 1.89. The van der Waals surface area contributed by atoms with Crippen LogP contribution in [0.4, 0.5) is 0 Å². The first-order valence-corrected chi connectivity index (χ1v) is 10.4. The predicted molar refractivity (Wildman–Crippen MR) is 122 cm³/mol. The molecule has 0 fully saturated rings. The van der Waals surface area contributed by atoms with Crippen LogP contribution in [0.15, 0.2) is 66.9 Å². The van der Waals surface area contributed by atoms with Crippen molar-refractivity contribution in [2.75, 3.05) is 0 Å². The van der Waals surface area contributed by atoms with Gasteiger partial charge in [0.25, 0.3) is 5.91 Å². The van der Waals surface area contributed by atoms with Crippen molar-refractivity contribution >= 4 is 28.4 Å². The molecule has 0 spiro atoms. The number of benzene rings is 3. The number of fused-ring (bicyclic) bond motifs is 1. The Hall–Kier alpha value is -3.11. The number of aryl methyl sites for hydroxylation is 2. The average molecular weight is 418 g/mol. The van der Waals surface area contributed by atoms with Crippen molar-refractivity contribution in [2.45, 2.75) is 33.4 Å². The Labute approximate surface area is 181 Å². The molecule has 0 bridgehead atoms. The molecule has 1 aromatic heterocycles. The van der Waals surface area contributed by atoms with Crippen LogP contribution >= 0.6 is 11.6 Å². The molecule has 1 unspecified atom stereocenters. The van der Waals surface area contributed by atoms with Crippen molar-refractivity contribution < 1.29 is 4.79 Å². The minimum atomic E-state index is -0.0973. The van der Waals surface area contributed by atoms with Gasteiger partial charge in [0.1, 0.15) is 0 Å². The molecule has 0 aliphatic heterocycles. The molecule has 0 aliphatic carbocycles. The number of hydrogen-bond acceptors (Lipinski definition) is 2. The molecule has 5 heteroatoms. The quantitative estimate of drug-likeness (QED) is 0.443. The summed E-state index contributed by atoms with van der Waals surface area (Å²) in [7, 11) is 0. The summed E-state index contributed by atoms with van der Waals surface area (Å²) in [6.07, 6.45) is 1.82. The SMILES string of the molecule is Cc1ccc(C(C)NC(=O)c2ccc3cnn(Cc4cccc(Cl)c4)c3c2)c(C)c1. The first-order valence-electron chi connectivity index (χ1n) is 9.99. The fourth-order valence-electron chi connectivity index (χ4n) is 3.82. The third-order valence-corrected chi connectivity index (χ3v) is 5.60. The number of nitrogens with zero attached hydrogens (tertiary/aromatic N) is 2. The third-order valence-electron chi connectivity index (χ3n) is 5.37. The van der Waals surface area contributed by atoms with Crippen molar-refractivity contribution in [1.29, 1.82) is 0 Å². The highest BCUT2D eigenvalue weighted by molar-refractivity contribution is 6.30. The zero-order chi connectivity index (χ0) is 21.3. The van der Waals surface area contributed by atoms with E-state index in [1.165, 1.54) is 11.1 Å². The summed E-state index contributed by atoms with van der Waals surface area (Å²) in [4.78, 5) is 12.9. The molecular formula is C25H24ClN3O. The molecule has 4 aromatic rings. The zero-order valence-corrected chi connectivity index (χ0v) is 18.1. The summed E-state index contributed by atoms with van der Waals surface area (Å²) in [6, 6.07) is 19.6. The van der Waals surface area contributed by atoms with Gasteiger partial charge in [0.05, 0.1) is 24.3 Å². The van der Waals surface area contributed by atoms with Gasteiger partial charge in [-0.05, 0) is 61.7 Å². The van der Waals surface area contributed by atoms with Gasteiger partial charge in [-0.1, -0.05) is 53.6 Å². The van der Waals surface area contributed by atoms with Crippen LogP contribution in [0.3, 0.4) is 0 Å². The molecule has 30 heavy (non-hydrogen) atoms. The van der Waals surface area contributed by atoms with Gasteiger partial charge in [-0.3, -0.25) is 9.48 Å². The highest BCUT2D eigenvalue weighted by Crippen LogP contribution is 2.21. The van der Waals surface area contributed by atoms with E-state index in [9.17, 15) is 4.79 Å². The minimum absolute atomic E-state index is 0.0785. The first-order chi connectivity index (χ1) is 14.4. The van der Waals surface area contributed by atoms with Gasteiger partial charge in [0.2, 0.25) is 0 Å². The summed E-state index contributed by atoms with van der Waals surface area (Å²) in [5.74, 6) is -0.0973. The molecule has 4 rings (SSSR count). The number of carbonyl (C=O) groups is 1. The van der Waals surface area contributed by atoms with Gasteiger partial charge in [-0.15, -0.1) is 0 Å². The average Bonchev–Trinajstić information content (AvgIpc) is 3.10. The largest absolute Gasteiger partial charge is 0.346 e.